The molecule has 0 aromatic heterocycles. The van der Waals surface area contributed by atoms with Crippen LogP contribution in [0, 0.1) is 5.41 Å². The summed E-state index contributed by atoms with van der Waals surface area (Å²) in [6.07, 6.45) is 2.30. The Bertz CT molecular complexity index is 220. The lowest BCUT2D eigenvalue weighted by Gasteiger charge is -2.30. The fourth-order valence-electron chi connectivity index (χ4n) is 1.04. The number of allylic oxidation sites excluding steroid dienone is 2. The van der Waals surface area contributed by atoms with Crippen molar-refractivity contribution in [3.05, 3.63) is 10.6 Å². The van der Waals surface area contributed by atoms with Crippen molar-refractivity contribution < 1.29 is 4.79 Å². The van der Waals surface area contributed by atoms with Gasteiger partial charge in [-0.3, -0.25) is 4.79 Å². The van der Waals surface area contributed by atoms with Gasteiger partial charge in [0.1, 0.15) is 0 Å². The number of hydrogen-bond donors (Lipinski definition) is 0. The van der Waals surface area contributed by atoms with Gasteiger partial charge in [0, 0.05) is 6.42 Å². The SMILES string of the molecule is CC1(C)CC(=O)C(Br)=CC1Cl. The zero-order chi connectivity index (χ0) is 8.65. The first-order chi connectivity index (χ1) is 4.93. The monoisotopic (exact) mass is 236 g/mol. The lowest BCUT2D eigenvalue weighted by molar-refractivity contribution is -0.117. The Morgan fingerprint density at radius 3 is 2.73 bits per heavy atom. The van der Waals surface area contributed by atoms with Crippen LogP contribution in [0.25, 0.3) is 0 Å². The number of carbonyl (C=O) groups is 1. The summed E-state index contributed by atoms with van der Waals surface area (Å²) in [5, 5.41) is -0.0467. The maximum Gasteiger partial charge on any atom is 0.170 e. The third kappa shape index (κ3) is 1.85. The van der Waals surface area contributed by atoms with Crippen LogP contribution in [-0.4, -0.2) is 11.2 Å². The third-order valence-corrected chi connectivity index (χ3v) is 3.35. The maximum atomic E-state index is 11.2. The van der Waals surface area contributed by atoms with Crippen molar-refractivity contribution in [3.8, 4) is 0 Å². The first-order valence-electron chi connectivity index (χ1n) is 3.48. The number of carbonyl (C=O) groups excluding carboxylic acids is 1. The average molecular weight is 238 g/mol. The summed E-state index contributed by atoms with van der Waals surface area (Å²) in [6, 6.07) is 0. The summed E-state index contributed by atoms with van der Waals surface area (Å²) in [5.41, 5.74) is -0.101. The third-order valence-electron chi connectivity index (χ3n) is 1.92. The molecule has 1 unspecified atom stereocenters. The first kappa shape index (κ1) is 9.27. The first-order valence-corrected chi connectivity index (χ1v) is 4.71. The van der Waals surface area contributed by atoms with E-state index in [-0.39, 0.29) is 16.6 Å². The van der Waals surface area contributed by atoms with Gasteiger partial charge >= 0.3 is 0 Å². The summed E-state index contributed by atoms with van der Waals surface area (Å²) in [6.45, 7) is 4.00. The lowest BCUT2D eigenvalue weighted by atomic mass is 9.80. The number of ketones is 1. The summed E-state index contributed by atoms with van der Waals surface area (Å²) < 4.78 is 0.622. The molecular weight excluding hydrogens is 227 g/mol. The Labute approximate surface area is 79.9 Å². The topological polar surface area (TPSA) is 17.1 Å². The van der Waals surface area contributed by atoms with Crippen LogP contribution in [0.4, 0.5) is 0 Å². The summed E-state index contributed by atoms with van der Waals surface area (Å²) in [7, 11) is 0. The Hall–Kier alpha value is 0.180. The molecule has 0 bridgehead atoms. The molecule has 1 atom stereocenters. The molecule has 1 nitrogen and oxygen atoms in total. The van der Waals surface area contributed by atoms with Gasteiger partial charge in [0.15, 0.2) is 5.78 Å². The van der Waals surface area contributed by atoms with Crippen molar-refractivity contribution in [1.82, 2.24) is 0 Å². The van der Waals surface area contributed by atoms with Gasteiger partial charge in [-0.1, -0.05) is 13.8 Å². The smallest absolute Gasteiger partial charge is 0.170 e. The van der Waals surface area contributed by atoms with E-state index in [2.05, 4.69) is 15.9 Å². The average Bonchev–Trinajstić information content (AvgIpc) is 1.83. The van der Waals surface area contributed by atoms with Crippen molar-refractivity contribution in [1.29, 1.82) is 0 Å². The molecule has 0 amide bonds. The molecule has 11 heavy (non-hydrogen) atoms. The van der Waals surface area contributed by atoms with Crippen LogP contribution in [-0.2, 0) is 4.79 Å². The predicted octanol–water partition coefficient (Wildman–Crippen LogP) is 2.87. The normalized spacial score (nSPS) is 30.0. The molecule has 0 saturated heterocycles. The minimum Gasteiger partial charge on any atom is -0.294 e. The second-order valence-corrected chi connectivity index (χ2v) is 4.83. The minimum atomic E-state index is -0.101. The van der Waals surface area contributed by atoms with E-state index in [1.165, 1.54) is 0 Å². The molecule has 1 aliphatic carbocycles. The molecule has 0 radical (unpaired) electrons. The van der Waals surface area contributed by atoms with Gasteiger partial charge in [-0.2, -0.15) is 0 Å². The molecule has 0 aliphatic heterocycles. The van der Waals surface area contributed by atoms with Gasteiger partial charge < -0.3 is 0 Å². The Morgan fingerprint density at radius 2 is 2.27 bits per heavy atom. The minimum absolute atomic E-state index is 0.0467. The van der Waals surface area contributed by atoms with Gasteiger partial charge in [0.05, 0.1) is 9.86 Å². The fourth-order valence-corrected chi connectivity index (χ4v) is 1.80. The summed E-state index contributed by atoms with van der Waals surface area (Å²) >= 11 is 9.18. The molecule has 0 spiro atoms. The quantitative estimate of drug-likeness (QED) is 0.592. The van der Waals surface area contributed by atoms with Crippen LogP contribution >= 0.6 is 27.5 Å². The van der Waals surface area contributed by atoms with E-state index < -0.39 is 0 Å². The number of Topliss-reactive ketones (excluding diaryl/α,β-unsaturated/α-hetero) is 1. The summed E-state index contributed by atoms with van der Waals surface area (Å²) in [4.78, 5) is 11.2. The molecule has 0 saturated carbocycles. The molecule has 1 rings (SSSR count). The van der Waals surface area contributed by atoms with E-state index >= 15 is 0 Å². The van der Waals surface area contributed by atoms with Crippen molar-refractivity contribution >= 4 is 33.3 Å². The molecule has 3 heteroatoms. The van der Waals surface area contributed by atoms with Crippen molar-refractivity contribution in [2.24, 2.45) is 5.41 Å². The van der Waals surface area contributed by atoms with Crippen LogP contribution in [0.3, 0.4) is 0 Å². The van der Waals surface area contributed by atoms with Gasteiger partial charge in [0.25, 0.3) is 0 Å². The van der Waals surface area contributed by atoms with Gasteiger partial charge in [-0.15, -0.1) is 11.6 Å². The number of alkyl halides is 1. The largest absolute Gasteiger partial charge is 0.294 e. The van der Waals surface area contributed by atoms with Crippen LogP contribution < -0.4 is 0 Å². The van der Waals surface area contributed by atoms with Gasteiger partial charge in [-0.25, -0.2) is 0 Å². The van der Waals surface area contributed by atoms with Gasteiger partial charge in [-0.05, 0) is 27.4 Å². The second-order valence-electron chi connectivity index (χ2n) is 3.50. The van der Waals surface area contributed by atoms with Crippen LogP contribution in [0.5, 0.6) is 0 Å². The Kier molecular flexibility index (Phi) is 2.45. The van der Waals surface area contributed by atoms with Crippen molar-refractivity contribution in [2.45, 2.75) is 25.6 Å². The van der Waals surface area contributed by atoms with Crippen LogP contribution in [0.1, 0.15) is 20.3 Å². The maximum absolute atomic E-state index is 11.2. The highest BCUT2D eigenvalue weighted by molar-refractivity contribution is 9.12. The fraction of sp³-hybridized carbons (Fsp3) is 0.625. The van der Waals surface area contributed by atoms with Crippen LogP contribution in [0.2, 0.25) is 0 Å². The molecule has 1 aliphatic rings. The van der Waals surface area contributed by atoms with E-state index in [0.717, 1.165) is 0 Å². The predicted molar refractivity (Wildman–Crippen MR) is 50.1 cm³/mol. The standard InChI is InChI=1S/C8H10BrClO/c1-8(2)4-6(11)5(9)3-7(8)10/h3,7H,4H2,1-2H3. The molecule has 0 heterocycles. The van der Waals surface area contributed by atoms with Crippen LogP contribution in [0.15, 0.2) is 10.6 Å². The molecule has 0 fully saturated rings. The zero-order valence-corrected chi connectivity index (χ0v) is 8.87. The molecule has 0 N–H and O–H groups in total. The van der Waals surface area contributed by atoms with E-state index in [1.54, 1.807) is 6.08 Å². The lowest BCUT2D eigenvalue weighted by Crippen LogP contribution is -2.30. The molecule has 62 valence electrons. The van der Waals surface area contributed by atoms with E-state index in [0.29, 0.717) is 10.9 Å². The highest BCUT2D eigenvalue weighted by atomic mass is 79.9. The number of halogens is 2. The number of hydrogen-bond acceptors (Lipinski definition) is 1. The highest BCUT2D eigenvalue weighted by Gasteiger charge is 2.34. The summed E-state index contributed by atoms with van der Waals surface area (Å²) in [5.74, 6) is 0.145. The molecule has 0 aromatic rings. The number of rotatable bonds is 0. The van der Waals surface area contributed by atoms with Crippen molar-refractivity contribution in [3.63, 3.8) is 0 Å². The van der Waals surface area contributed by atoms with E-state index in [1.807, 2.05) is 13.8 Å². The van der Waals surface area contributed by atoms with E-state index in [9.17, 15) is 4.79 Å². The highest BCUT2D eigenvalue weighted by Crippen LogP contribution is 2.37. The van der Waals surface area contributed by atoms with E-state index in [4.69, 9.17) is 11.6 Å². The zero-order valence-electron chi connectivity index (χ0n) is 6.53. The molecule has 0 aromatic carbocycles. The Morgan fingerprint density at radius 1 is 1.73 bits per heavy atom. The Balaban J connectivity index is 2.93. The molecular formula is C8H10BrClO. The van der Waals surface area contributed by atoms with Gasteiger partial charge in [0.2, 0.25) is 0 Å². The van der Waals surface area contributed by atoms with Crippen molar-refractivity contribution in [2.75, 3.05) is 0 Å². The second kappa shape index (κ2) is 2.91.